The minimum absolute atomic E-state index is 0.327. The van der Waals surface area contributed by atoms with E-state index in [2.05, 4.69) is 31.0 Å². The molecule has 1 heterocycles. The summed E-state index contributed by atoms with van der Waals surface area (Å²) in [6.45, 7) is 4.45. The Morgan fingerprint density at radius 1 is 1.11 bits per heavy atom. The van der Waals surface area contributed by atoms with Gasteiger partial charge in [0.15, 0.2) is 0 Å². The van der Waals surface area contributed by atoms with Crippen LogP contribution in [0.1, 0.15) is 49.8 Å². The van der Waals surface area contributed by atoms with E-state index in [-0.39, 0.29) is 0 Å². The van der Waals surface area contributed by atoms with Crippen molar-refractivity contribution < 1.29 is 5.11 Å². The molecule has 1 aromatic carbocycles. The molecule has 0 saturated carbocycles. The molecular weight excluding hydrogens is 234 g/mol. The van der Waals surface area contributed by atoms with Gasteiger partial charge in [0.25, 0.3) is 0 Å². The number of aromatic nitrogens is 1. The highest BCUT2D eigenvalue weighted by molar-refractivity contribution is 5.28. The van der Waals surface area contributed by atoms with Crippen molar-refractivity contribution in [2.45, 2.75) is 38.5 Å². The van der Waals surface area contributed by atoms with Crippen LogP contribution in [-0.4, -0.2) is 10.1 Å². The summed E-state index contributed by atoms with van der Waals surface area (Å²) in [7, 11) is 0. The first kappa shape index (κ1) is 13.6. The first-order chi connectivity index (χ1) is 9.20. The molecule has 2 aromatic rings. The van der Waals surface area contributed by atoms with Gasteiger partial charge in [-0.3, -0.25) is 4.98 Å². The summed E-state index contributed by atoms with van der Waals surface area (Å²) in [5.74, 6) is 1.28. The molecule has 2 atom stereocenters. The molecule has 100 valence electrons. The van der Waals surface area contributed by atoms with Gasteiger partial charge in [0.2, 0.25) is 0 Å². The summed E-state index contributed by atoms with van der Waals surface area (Å²) in [4.78, 5) is 4.47. The van der Waals surface area contributed by atoms with Crippen molar-refractivity contribution in [2.75, 3.05) is 0 Å². The van der Waals surface area contributed by atoms with E-state index in [1.807, 2.05) is 24.4 Å². The van der Waals surface area contributed by atoms with Gasteiger partial charge >= 0.3 is 0 Å². The highest BCUT2D eigenvalue weighted by Crippen LogP contribution is 2.31. The predicted octanol–water partition coefficient (Wildman–Crippen LogP) is 4.47. The highest BCUT2D eigenvalue weighted by Gasteiger charge is 2.15. The van der Waals surface area contributed by atoms with Crippen LogP contribution in [0.3, 0.4) is 0 Å². The zero-order chi connectivity index (χ0) is 13.7. The maximum absolute atomic E-state index is 9.33. The lowest BCUT2D eigenvalue weighted by Gasteiger charge is -2.19. The van der Waals surface area contributed by atoms with E-state index in [0.717, 1.165) is 12.8 Å². The third-order valence-corrected chi connectivity index (χ3v) is 3.70. The second-order valence-electron chi connectivity index (χ2n) is 5.09. The fourth-order valence-corrected chi connectivity index (χ4v) is 2.48. The standard InChI is InChI=1S/C17H21NO/c1-3-14(17-6-4-5-11-18-17)12-13(2)15-7-9-16(19)10-8-15/h4-11,13-14,19H,3,12H2,1-2H3. The van der Waals surface area contributed by atoms with Gasteiger partial charge in [0.1, 0.15) is 5.75 Å². The Labute approximate surface area is 115 Å². The summed E-state index contributed by atoms with van der Waals surface area (Å²) in [5, 5.41) is 9.33. The molecule has 2 heteroatoms. The van der Waals surface area contributed by atoms with Crippen LogP contribution in [0.4, 0.5) is 0 Å². The smallest absolute Gasteiger partial charge is 0.115 e. The first-order valence-corrected chi connectivity index (χ1v) is 6.90. The third kappa shape index (κ3) is 3.57. The minimum Gasteiger partial charge on any atom is -0.508 e. The van der Waals surface area contributed by atoms with Crippen molar-refractivity contribution in [2.24, 2.45) is 0 Å². The topological polar surface area (TPSA) is 33.1 Å². The average Bonchev–Trinajstić information content (AvgIpc) is 2.46. The lowest BCUT2D eigenvalue weighted by molar-refractivity contribution is 0.474. The van der Waals surface area contributed by atoms with Crippen molar-refractivity contribution in [1.29, 1.82) is 0 Å². The lowest BCUT2D eigenvalue weighted by Crippen LogP contribution is -2.05. The maximum atomic E-state index is 9.33. The number of hydrogen-bond donors (Lipinski definition) is 1. The molecule has 0 amide bonds. The van der Waals surface area contributed by atoms with Gasteiger partial charge in [-0.15, -0.1) is 0 Å². The van der Waals surface area contributed by atoms with Crippen LogP contribution in [0.2, 0.25) is 0 Å². The van der Waals surface area contributed by atoms with E-state index in [1.54, 1.807) is 12.1 Å². The van der Waals surface area contributed by atoms with E-state index in [1.165, 1.54) is 11.3 Å². The molecule has 0 spiro atoms. The Bertz CT molecular complexity index is 492. The summed E-state index contributed by atoms with van der Waals surface area (Å²) in [6, 6.07) is 13.6. The molecule has 0 radical (unpaired) electrons. The molecule has 0 aliphatic rings. The number of aromatic hydroxyl groups is 1. The summed E-state index contributed by atoms with van der Waals surface area (Å²) in [6.07, 6.45) is 4.04. The summed E-state index contributed by atoms with van der Waals surface area (Å²) < 4.78 is 0. The number of rotatable bonds is 5. The van der Waals surface area contributed by atoms with Crippen molar-refractivity contribution >= 4 is 0 Å². The van der Waals surface area contributed by atoms with Gasteiger partial charge in [-0.05, 0) is 48.6 Å². The average molecular weight is 255 g/mol. The number of phenolic OH excluding ortho intramolecular Hbond substituents is 1. The number of pyridine rings is 1. The molecule has 2 rings (SSSR count). The summed E-state index contributed by atoms with van der Waals surface area (Å²) in [5.41, 5.74) is 2.45. The molecule has 0 aliphatic heterocycles. The van der Waals surface area contributed by atoms with Crippen LogP contribution in [0.25, 0.3) is 0 Å². The third-order valence-electron chi connectivity index (χ3n) is 3.70. The molecule has 2 unspecified atom stereocenters. The fraction of sp³-hybridized carbons (Fsp3) is 0.353. The molecule has 1 aromatic heterocycles. The van der Waals surface area contributed by atoms with Gasteiger partial charge in [-0.2, -0.15) is 0 Å². The van der Waals surface area contributed by atoms with Crippen molar-refractivity contribution in [3.63, 3.8) is 0 Å². The maximum Gasteiger partial charge on any atom is 0.115 e. The predicted molar refractivity (Wildman–Crippen MR) is 78.4 cm³/mol. The van der Waals surface area contributed by atoms with Crippen LogP contribution in [-0.2, 0) is 0 Å². The Kier molecular flexibility index (Phi) is 4.56. The molecule has 0 bridgehead atoms. The second kappa shape index (κ2) is 6.37. The van der Waals surface area contributed by atoms with Crippen molar-refractivity contribution in [3.05, 3.63) is 59.9 Å². The lowest BCUT2D eigenvalue weighted by atomic mass is 9.87. The summed E-state index contributed by atoms with van der Waals surface area (Å²) >= 11 is 0. The van der Waals surface area contributed by atoms with Gasteiger partial charge in [-0.25, -0.2) is 0 Å². The highest BCUT2D eigenvalue weighted by atomic mass is 16.3. The molecule has 0 saturated heterocycles. The second-order valence-corrected chi connectivity index (χ2v) is 5.09. The largest absolute Gasteiger partial charge is 0.508 e. The van der Waals surface area contributed by atoms with E-state index in [9.17, 15) is 5.11 Å². The zero-order valence-corrected chi connectivity index (χ0v) is 11.6. The SMILES string of the molecule is CCC(CC(C)c1ccc(O)cc1)c1ccccn1. The van der Waals surface area contributed by atoms with Crippen molar-refractivity contribution in [3.8, 4) is 5.75 Å². The molecule has 19 heavy (non-hydrogen) atoms. The number of nitrogens with zero attached hydrogens (tertiary/aromatic N) is 1. The number of hydrogen-bond acceptors (Lipinski definition) is 2. The molecule has 0 fully saturated rings. The number of benzene rings is 1. The quantitative estimate of drug-likeness (QED) is 0.854. The van der Waals surface area contributed by atoms with Gasteiger partial charge in [0.05, 0.1) is 0 Å². The van der Waals surface area contributed by atoms with Crippen LogP contribution in [0, 0.1) is 0 Å². The molecule has 1 N–H and O–H groups in total. The molecular formula is C17H21NO. The fourth-order valence-electron chi connectivity index (χ4n) is 2.48. The Hall–Kier alpha value is -1.83. The Morgan fingerprint density at radius 2 is 1.84 bits per heavy atom. The van der Waals surface area contributed by atoms with E-state index in [0.29, 0.717) is 17.6 Å². The number of phenols is 1. The Morgan fingerprint density at radius 3 is 2.42 bits per heavy atom. The minimum atomic E-state index is 0.327. The van der Waals surface area contributed by atoms with Gasteiger partial charge in [-0.1, -0.05) is 32.0 Å². The molecule has 0 aliphatic carbocycles. The first-order valence-electron chi connectivity index (χ1n) is 6.90. The zero-order valence-electron chi connectivity index (χ0n) is 11.6. The van der Waals surface area contributed by atoms with Crippen LogP contribution < -0.4 is 0 Å². The van der Waals surface area contributed by atoms with Crippen LogP contribution in [0.5, 0.6) is 5.75 Å². The van der Waals surface area contributed by atoms with Crippen LogP contribution >= 0.6 is 0 Å². The van der Waals surface area contributed by atoms with Gasteiger partial charge in [0, 0.05) is 17.8 Å². The Balaban J connectivity index is 2.08. The van der Waals surface area contributed by atoms with E-state index in [4.69, 9.17) is 0 Å². The van der Waals surface area contributed by atoms with Crippen LogP contribution in [0.15, 0.2) is 48.7 Å². The monoisotopic (exact) mass is 255 g/mol. The molecule has 2 nitrogen and oxygen atoms in total. The van der Waals surface area contributed by atoms with Gasteiger partial charge < -0.3 is 5.11 Å². The normalized spacial score (nSPS) is 14.0. The van der Waals surface area contributed by atoms with E-state index < -0.39 is 0 Å². The van der Waals surface area contributed by atoms with Crippen molar-refractivity contribution in [1.82, 2.24) is 4.98 Å². The van der Waals surface area contributed by atoms with E-state index >= 15 is 0 Å².